The van der Waals surface area contributed by atoms with Crippen molar-refractivity contribution in [3.63, 3.8) is 0 Å². The van der Waals surface area contributed by atoms with Crippen molar-refractivity contribution in [2.24, 2.45) is 0 Å². The molecule has 0 radical (unpaired) electrons. The first-order chi connectivity index (χ1) is 14.2. The predicted octanol–water partition coefficient (Wildman–Crippen LogP) is 8.34. The molecule has 0 aliphatic rings. The van der Waals surface area contributed by atoms with Crippen LogP contribution in [-0.2, 0) is 85.7 Å². The van der Waals surface area contributed by atoms with Crippen LogP contribution in [0.4, 0.5) is 0 Å². The number of hydrogen-bond donors (Lipinski definition) is 0. The summed E-state index contributed by atoms with van der Waals surface area (Å²) in [5.74, 6) is 0. The maximum Gasteiger partial charge on any atom is 2.00 e. The van der Waals surface area contributed by atoms with E-state index in [0.717, 1.165) is 38.5 Å². The number of unbranched alkanes of at least 4 members (excludes halogenated alkanes) is 8. The summed E-state index contributed by atoms with van der Waals surface area (Å²) in [6, 6.07) is 0. The minimum absolute atomic E-state index is 0. The van der Waals surface area contributed by atoms with Gasteiger partial charge in [-0.3, -0.25) is 0 Å². The Morgan fingerprint density at radius 3 is 1.00 bits per heavy atom. The van der Waals surface area contributed by atoms with Crippen LogP contribution in [0, 0.1) is 0 Å². The van der Waals surface area contributed by atoms with Gasteiger partial charge in [0.2, 0.25) is 0 Å². The predicted molar refractivity (Wildman–Crippen MR) is 145 cm³/mol. The fourth-order valence-corrected chi connectivity index (χ4v) is 5.48. The van der Waals surface area contributed by atoms with Crippen LogP contribution in [0.25, 0.3) is 0 Å². The summed E-state index contributed by atoms with van der Waals surface area (Å²) in [5, 5.41) is 0. The van der Waals surface area contributed by atoms with Crippen LogP contribution in [0.5, 0.6) is 0 Å². The molecular formula is C20H44O4P2S4Zn. The van der Waals surface area contributed by atoms with Crippen LogP contribution in [0.2, 0.25) is 0 Å². The van der Waals surface area contributed by atoms with E-state index in [4.69, 9.17) is 66.2 Å². The maximum atomic E-state index is 5.44. The van der Waals surface area contributed by atoms with Crippen molar-refractivity contribution in [1.29, 1.82) is 0 Å². The Bertz CT molecular complexity index is 423. The largest absolute Gasteiger partial charge is 2.00 e. The van der Waals surface area contributed by atoms with E-state index < -0.39 is 11.4 Å². The SMILES string of the molecule is CCCCCCOP(=S)([S-])OCCCC.CCCCCCOP(=S)([S-])OCCCC.[Zn+2]. The standard InChI is InChI=1S/2C10H23O2PS2.Zn/c2*1-3-5-7-8-10-12-13(14,15)11-9-6-4-2;/h2*3-10H2,1-2H3,(H,14,15);/q;;+2/p-2. The minimum Gasteiger partial charge on any atom is -0.691 e. The molecule has 0 aromatic rings. The summed E-state index contributed by atoms with van der Waals surface area (Å²) in [6.45, 7) is 11.2. The third-order valence-electron chi connectivity index (χ3n) is 3.99. The van der Waals surface area contributed by atoms with Gasteiger partial charge in [0.05, 0.1) is 37.8 Å². The third kappa shape index (κ3) is 32.5. The molecule has 0 spiro atoms. The van der Waals surface area contributed by atoms with E-state index >= 15 is 0 Å². The zero-order valence-electron chi connectivity index (χ0n) is 20.2. The quantitative estimate of drug-likeness (QED) is 0.0595. The van der Waals surface area contributed by atoms with Gasteiger partial charge in [-0.05, 0) is 25.7 Å². The zero-order valence-corrected chi connectivity index (χ0v) is 28.2. The van der Waals surface area contributed by atoms with Crippen molar-refractivity contribution in [2.45, 2.75) is 105 Å². The normalized spacial score (nSPS) is 14.6. The van der Waals surface area contributed by atoms with Gasteiger partial charge in [0.15, 0.2) is 0 Å². The Labute approximate surface area is 226 Å². The van der Waals surface area contributed by atoms with Crippen LogP contribution < -0.4 is 0 Å². The van der Waals surface area contributed by atoms with E-state index in [1.807, 2.05) is 0 Å². The molecule has 0 fully saturated rings. The Morgan fingerprint density at radius 2 is 0.742 bits per heavy atom. The van der Waals surface area contributed by atoms with E-state index in [0.29, 0.717) is 26.4 Å². The molecule has 0 bridgehead atoms. The van der Waals surface area contributed by atoms with Crippen LogP contribution in [-0.4, -0.2) is 26.4 Å². The van der Waals surface area contributed by atoms with Gasteiger partial charge in [0, 0.05) is 0 Å². The maximum absolute atomic E-state index is 5.44. The zero-order chi connectivity index (χ0) is 23.1. The molecule has 0 heterocycles. The van der Waals surface area contributed by atoms with Crippen molar-refractivity contribution in [2.75, 3.05) is 26.4 Å². The molecule has 0 aromatic heterocycles. The summed E-state index contributed by atoms with van der Waals surface area (Å²) >= 11 is 20.5. The van der Waals surface area contributed by atoms with Gasteiger partial charge in [-0.15, -0.1) is 0 Å². The molecule has 0 aromatic carbocycles. The molecule has 0 aliphatic heterocycles. The molecule has 2 atom stereocenters. The summed E-state index contributed by atoms with van der Waals surface area (Å²) in [4.78, 5) is 0. The van der Waals surface area contributed by atoms with Gasteiger partial charge >= 0.3 is 19.5 Å². The Kier molecular flexibility index (Phi) is 33.2. The Hall–Kier alpha value is 2.46. The van der Waals surface area contributed by atoms with E-state index in [1.54, 1.807) is 0 Å². The second-order valence-electron chi connectivity index (χ2n) is 7.06. The van der Waals surface area contributed by atoms with Crippen molar-refractivity contribution >= 4 is 59.5 Å². The van der Waals surface area contributed by atoms with Crippen molar-refractivity contribution in [3.8, 4) is 0 Å². The molecule has 0 amide bonds. The van der Waals surface area contributed by atoms with Crippen LogP contribution >= 0.6 is 11.4 Å². The van der Waals surface area contributed by atoms with Crippen LogP contribution in [0.15, 0.2) is 0 Å². The first kappa shape index (κ1) is 38.0. The molecule has 4 nitrogen and oxygen atoms in total. The van der Waals surface area contributed by atoms with Gasteiger partial charge in [-0.2, -0.15) is 0 Å². The van der Waals surface area contributed by atoms with Gasteiger partial charge in [0.25, 0.3) is 0 Å². The average Bonchev–Trinajstić information content (AvgIpc) is 2.68. The summed E-state index contributed by atoms with van der Waals surface area (Å²) in [6.07, 6.45) is 13.6. The molecule has 0 rings (SSSR count). The minimum atomic E-state index is -2.35. The molecule has 2 unspecified atom stereocenters. The summed E-state index contributed by atoms with van der Waals surface area (Å²) in [7, 11) is 0. The molecule has 0 saturated carbocycles. The molecule has 184 valence electrons. The van der Waals surface area contributed by atoms with E-state index in [9.17, 15) is 0 Å². The fraction of sp³-hybridized carbons (Fsp3) is 1.00. The average molecular weight is 604 g/mol. The van der Waals surface area contributed by atoms with E-state index in [-0.39, 0.29) is 19.5 Å². The van der Waals surface area contributed by atoms with Gasteiger partial charge in [-0.25, -0.2) is 0 Å². The van der Waals surface area contributed by atoms with Crippen LogP contribution in [0.1, 0.15) is 105 Å². The number of hydrogen-bond acceptors (Lipinski definition) is 8. The summed E-state index contributed by atoms with van der Waals surface area (Å²) in [5.41, 5.74) is -4.71. The topological polar surface area (TPSA) is 36.9 Å². The van der Waals surface area contributed by atoms with Gasteiger partial charge in [0.1, 0.15) is 0 Å². The third-order valence-corrected chi connectivity index (χ3v) is 8.51. The van der Waals surface area contributed by atoms with Crippen molar-refractivity contribution < 1.29 is 37.6 Å². The Morgan fingerprint density at radius 1 is 0.484 bits per heavy atom. The second-order valence-corrected chi connectivity index (χ2v) is 17.0. The second kappa shape index (κ2) is 27.1. The van der Waals surface area contributed by atoms with E-state index in [2.05, 4.69) is 27.7 Å². The molecule has 11 heteroatoms. The van der Waals surface area contributed by atoms with Crippen molar-refractivity contribution in [3.05, 3.63) is 0 Å². The molecular weight excluding hydrogens is 560 g/mol. The van der Waals surface area contributed by atoms with Crippen LogP contribution in [0.3, 0.4) is 0 Å². The monoisotopic (exact) mass is 602 g/mol. The molecule has 0 N–H and O–H groups in total. The number of rotatable bonds is 20. The van der Waals surface area contributed by atoms with Gasteiger partial charge < -0.3 is 42.6 Å². The first-order valence-electron chi connectivity index (χ1n) is 11.4. The first-order valence-corrected chi connectivity index (χ1v) is 18.7. The molecule has 0 saturated heterocycles. The van der Waals surface area contributed by atoms with Gasteiger partial charge in [-0.1, -0.05) is 103 Å². The van der Waals surface area contributed by atoms with Crippen molar-refractivity contribution in [1.82, 2.24) is 0 Å². The van der Waals surface area contributed by atoms with E-state index in [1.165, 1.54) is 38.5 Å². The fourth-order valence-electron chi connectivity index (χ4n) is 2.13. The molecule has 0 aliphatic carbocycles. The Balaban J connectivity index is -0.000000490. The molecule has 31 heavy (non-hydrogen) atoms. The smallest absolute Gasteiger partial charge is 0.691 e. The summed E-state index contributed by atoms with van der Waals surface area (Å²) < 4.78 is 21.7.